The smallest absolute Gasteiger partial charge is 0.310 e. The first-order valence-electron chi connectivity index (χ1n) is 4.22. The fourth-order valence-electron chi connectivity index (χ4n) is 1.86. The average Bonchev–Trinajstić information content (AvgIpc) is 2.24. The molecule has 0 amide bonds. The second kappa shape index (κ2) is 2.80. The lowest BCUT2D eigenvalue weighted by Crippen LogP contribution is -2.44. The van der Waals surface area contributed by atoms with E-state index in [0.717, 1.165) is 0 Å². The van der Waals surface area contributed by atoms with Crippen molar-refractivity contribution in [3.63, 3.8) is 0 Å². The SMILES string of the molecule is CC1(C(=O)O)CC(=O)CC1(C)C(=O)O. The first-order chi connectivity index (χ1) is 6.24. The summed E-state index contributed by atoms with van der Waals surface area (Å²) in [4.78, 5) is 33.1. The molecule has 0 aromatic heterocycles. The Kier molecular flexibility index (Phi) is 2.14. The van der Waals surface area contributed by atoms with Crippen LogP contribution in [0.1, 0.15) is 26.7 Å². The molecule has 1 aliphatic carbocycles. The summed E-state index contributed by atoms with van der Waals surface area (Å²) in [6.07, 6.45) is -0.406. The molecule has 14 heavy (non-hydrogen) atoms. The highest BCUT2D eigenvalue weighted by atomic mass is 16.4. The van der Waals surface area contributed by atoms with Crippen LogP contribution in [-0.2, 0) is 14.4 Å². The lowest BCUT2D eigenvalue weighted by atomic mass is 9.68. The predicted octanol–water partition coefficient (Wildman–Crippen LogP) is 0.531. The summed E-state index contributed by atoms with van der Waals surface area (Å²) >= 11 is 0. The highest BCUT2D eigenvalue weighted by molar-refractivity contribution is 5.98. The van der Waals surface area contributed by atoms with Crippen LogP contribution in [-0.4, -0.2) is 27.9 Å². The number of carbonyl (C=O) groups is 3. The Morgan fingerprint density at radius 1 is 1.07 bits per heavy atom. The Balaban J connectivity index is 3.24. The minimum absolute atomic E-state index is 0.203. The molecule has 2 N–H and O–H groups in total. The molecule has 1 rings (SSSR count). The number of hydrogen-bond donors (Lipinski definition) is 2. The monoisotopic (exact) mass is 200 g/mol. The van der Waals surface area contributed by atoms with Gasteiger partial charge in [-0.05, 0) is 13.8 Å². The predicted molar refractivity (Wildman–Crippen MR) is 45.7 cm³/mol. The molecule has 78 valence electrons. The van der Waals surface area contributed by atoms with E-state index in [4.69, 9.17) is 10.2 Å². The number of aliphatic carboxylic acids is 2. The van der Waals surface area contributed by atoms with E-state index in [0.29, 0.717) is 0 Å². The molecule has 2 unspecified atom stereocenters. The number of rotatable bonds is 2. The van der Waals surface area contributed by atoms with E-state index >= 15 is 0 Å². The van der Waals surface area contributed by atoms with Crippen LogP contribution in [0.15, 0.2) is 0 Å². The van der Waals surface area contributed by atoms with Gasteiger partial charge in [0.1, 0.15) is 5.78 Å². The maximum absolute atomic E-state index is 11.2. The van der Waals surface area contributed by atoms with Crippen LogP contribution in [0.4, 0.5) is 0 Å². The molecule has 0 aromatic rings. The third kappa shape index (κ3) is 1.12. The van der Waals surface area contributed by atoms with Crippen molar-refractivity contribution in [2.24, 2.45) is 10.8 Å². The van der Waals surface area contributed by atoms with Gasteiger partial charge in [-0.1, -0.05) is 0 Å². The number of carboxylic acids is 2. The summed E-state index contributed by atoms with van der Waals surface area (Å²) in [5.41, 5.74) is -2.98. The number of hydrogen-bond acceptors (Lipinski definition) is 3. The van der Waals surface area contributed by atoms with Crippen LogP contribution in [0.3, 0.4) is 0 Å². The van der Waals surface area contributed by atoms with Crippen LogP contribution < -0.4 is 0 Å². The molecule has 0 radical (unpaired) electrons. The normalized spacial score (nSPS) is 37.1. The summed E-state index contributed by atoms with van der Waals surface area (Å²) in [7, 11) is 0. The molecule has 0 saturated heterocycles. The molecule has 0 bridgehead atoms. The molecular weight excluding hydrogens is 188 g/mol. The van der Waals surface area contributed by atoms with E-state index in [-0.39, 0.29) is 18.6 Å². The zero-order valence-corrected chi connectivity index (χ0v) is 8.03. The van der Waals surface area contributed by atoms with E-state index in [2.05, 4.69) is 0 Å². The molecule has 5 nitrogen and oxygen atoms in total. The van der Waals surface area contributed by atoms with Crippen molar-refractivity contribution in [3.8, 4) is 0 Å². The molecule has 0 heterocycles. The number of ketones is 1. The van der Waals surface area contributed by atoms with Crippen molar-refractivity contribution < 1.29 is 24.6 Å². The van der Waals surface area contributed by atoms with Gasteiger partial charge < -0.3 is 10.2 Å². The van der Waals surface area contributed by atoms with Gasteiger partial charge in [0, 0.05) is 12.8 Å². The van der Waals surface area contributed by atoms with Gasteiger partial charge in [-0.3, -0.25) is 14.4 Å². The Morgan fingerprint density at radius 2 is 1.36 bits per heavy atom. The number of Topliss-reactive ketones (excluding diaryl/α,β-unsaturated/α-hetero) is 1. The molecule has 1 aliphatic rings. The Hall–Kier alpha value is -1.39. The molecule has 2 atom stereocenters. The van der Waals surface area contributed by atoms with Gasteiger partial charge >= 0.3 is 11.9 Å². The van der Waals surface area contributed by atoms with Crippen molar-refractivity contribution in [2.45, 2.75) is 26.7 Å². The highest BCUT2D eigenvalue weighted by Crippen LogP contribution is 2.51. The molecule has 0 spiro atoms. The van der Waals surface area contributed by atoms with E-state index in [1.807, 2.05) is 0 Å². The average molecular weight is 200 g/mol. The molecule has 1 saturated carbocycles. The Morgan fingerprint density at radius 3 is 1.57 bits per heavy atom. The quantitative estimate of drug-likeness (QED) is 0.678. The second-order valence-corrected chi connectivity index (χ2v) is 4.17. The zero-order chi connectivity index (χ0) is 11.1. The lowest BCUT2D eigenvalue weighted by Gasteiger charge is -2.32. The van der Waals surface area contributed by atoms with Crippen molar-refractivity contribution in [1.82, 2.24) is 0 Å². The first-order valence-corrected chi connectivity index (χ1v) is 4.22. The lowest BCUT2D eigenvalue weighted by molar-refractivity contribution is -0.167. The van der Waals surface area contributed by atoms with E-state index in [1.165, 1.54) is 13.8 Å². The van der Waals surface area contributed by atoms with Crippen LogP contribution in [0.25, 0.3) is 0 Å². The van der Waals surface area contributed by atoms with E-state index in [9.17, 15) is 14.4 Å². The van der Waals surface area contributed by atoms with Gasteiger partial charge in [-0.2, -0.15) is 0 Å². The third-order valence-corrected chi connectivity index (χ3v) is 3.26. The molecule has 5 heteroatoms. The maximum Gasteiger partial charge on any atom is 0.310 e. The Labute approximate surface area is 80.7 Å². The largest absolute Gasteiger partial charge is 0.481 e. The summed E-state index contributed by atoms with van der Waals surface area (Å²) < 4.78 is 0. The summed E-state index contributed by atoms with van der Waals surface area (Å²) in [6.45, 7) is 2.63. The number of carboxylic acid groups (broad SMARTS) is 2. The molecular formula is C9H12O5. The van der Waals surface area contributed by atoms with Crippen LogP contribution in [0.2, 0.25) is 0 Å². The zero-order valence-electron chi connectivity index (χ0n) is 8.03. The summed E-state index contributed by atoms with van der Waals surface area (Å²) in [5, 5.41) is 17.9. The van der Waals surface area contributed by atoms with Crippen LogP contribution in [0, 0.1) is 10.8 Å². The standard InChI is InChI=1S/C9H12O5/c1-8(6(11)12)3-5(10)4-9(8,2)7(13)14/h3-4H2,1-2H3,(H,11,12)(H,13,14). The fraction of sp³-hybridized carbons (Fsp3) is 0.667. The van der Waals surface area contributed by atoms with Crippen molar-refractivity contribution in [2.75, 3.05) is 0 Å². The van der Waals surface area contributed by atoms with Crippen LogP contribution in [0.5, 0.6) is 0 Å². The number of carbonyl (C=O) groups excluding carboxylic acids is 1. The van der Waals surface area contributed by atoms with Gasteiger partial charge in [0.15, 0.2) is 0 Å². The minimum Gasteiger partial charge on any atom is -0.481 e. The van der Waals surface area contributed by atoms with Crippen molar-refractivity contribution >= 4 is 17.7 Å². The van der Waals surface area contributed by atoms with Gasteiger partial charge in [0.05, 0.1) is 10.8 Å². The van der Waals surface area contributed by atoms with Crippen LogP contribution >= 0.6 is 0 Å². The van der Waals surface area contributed by atoms with Crippen molar-refractivity contribution in [1.29, 1.82) is 0 Å². The molecule has 0 aliphatic heterocycles. The van der Waals surface area contributed by atoms with E-state index < -0.39 is 22.8 Å². The summed E-state index contributed by atoms with van der Waals surface area (Å²) in [5.74, 6) is -2.76. The molecule has 0 aromatic carbocycles. The topological polar surface area (TPSA) is 91.7 Å². The van der Waals surface area contributed by atoms with Gasteiger partial charge in [-0.25, -0.2) is 0 Å². The second-order valence-electron chi connectivity index (χ2n) is 4.17. The van der Waals surface area contributed by atoms with Gasteiger partial charge in [0.25, 0.3) is 0 Å². The van der Waals surface area contributed by atoms with E-state index in [1.54, 1.807) is 0 Å². The Bertz CT molecular complexity index is 291. The van der Waals surface area contributed by atoms with Gasteiger partial charge in [-0.15, -0.1) is 0 Å². The first kappa shape index (κ1) is 10.7. The molecule has 1 fully saturated rings. The van der Waals surface area contributed by atoms with Crippen molar-refractivity contribution in [3.05, 3.63) is 0 Å². The third-order valence-electron chi connectivity index (χ3n) is 3.26. The maximum atomic E-state index is 11.2. The minimum atomic E-state index is -1.49. The van der Waals surface area contributed by atoms with Gasteiger partial charge in [0.2, 0.25) is 0 Å². The fourth-order valence-corrected chi connectivity index (χ4v) is 1.86. The summed E-state index contributed by atoms with van der Waals surface area (Å²) in [6, 6.07) is 0. The highest BCUT2D eigenvalue weighted by Gasteiger charge is 2.61.